The third-order valence-corrected chi connectivity index (χ3v) is 8.31. The molecule has 2 saturated heterocycles. The Morgan fingerprint density at radius 2 is 2.00 bits per heavy atom. The van der Waals surface area contributed by atoms with E-state index >= 15 is 0 Å². The van der Waals surface area contributed by atoms with Crippen LogP contribution in [0.2, 0.25) is 0 Å². The minimum Gasteiger partial charge on any atom is -0.462 e. The van der Waals surface area contributed by atoms with Crippen LogP contribution >= 0.6 is 0 Å². The molecule has 2 heterocycles. The Hall–Kier alpha value is -2.30. The minimum atomic E-state index is -0.711. The number of carbonyl (C=O) groups excluding carboxylic acids is 3. The average Bonchev–Trinajstić information content (AvgIpc) is 2.89. The van der Waals surface area contributed by atoms with Crippen molar-refractivity contribution in [3.8, 4) is 0 Å². The SMILES string of the molecule is CCC(C)C(=O)OC1CC/C(=N/OCC2COCOC2)C2=CC(=O)C(C)C(CCC3CC(O)CC(=O)O3)C21. The molecule has 0 bridgehead atoms. The fraction of sp³-hybridized carbons (Fsp3) is 0.786. The molecule has 0 radical (unpaired) electrons. The number of ether oxygens (including phenoxy) is 4. The highest BCUT2D eigenvalue weighted by molar-refractivity contribution is 6.08. The summed E-state index contributed by atoms with van der Waals surface area (Å²) in [6, 6.07) is 0. The van der Waals surface area contributed by atoms with E-state index in [1.165, 1.54) is 0 Å². The van der Waals surface area contributed by atoms with E-state index in [0.717, 1.165) is 5.57 Å². The summed E-state index contributed by atoms with van der Waals surface area (Å²) in [5.41, 5.74) is 1.47. The lowest BCUT2D eigenvalue weighted by atomic mass is 9.63. The molecular formula is C28H41NO9. The normalized spacial score (nSPS) is 34.2. The standard InChI is InChI=1S/C28H41NO9/c1-4-16(2)28(33)38-25-8-7-23(29-36-14-18-12-34-15-35-13-18)22-11-24(31)17(3)21(27(22)25)6-5-20-9-19(30)10-26(32)37-20/h11,16-21,25,27,30H,4-10,12-15H2,1-3H3/b29-23-. The molecule has 0 aromatic carbocycles. The van der Waals surface area contributed by atoms with E-state index in [4.69, 9.17) is 23.8 Å². The summed E-state index contributed by atoms with van der Waals surface area (Å²) in [5.74, 6) is -1.44. The second-order valence-corrected chi connectivity index (χ2v) is 11.1. The zero-order chi connectivity index (χ0) is 27.2. The predicted octanol–water partition coefficient (Wildman–Crippen LogP) is 2.96. The number of ketones is 1. The molecule has 0 aromatic heterocycles. The van der Waals surface area contributed by atoms with E-state index in [1.807, 2.05) is 20.8 Å². The summed E-state index contributed by atoms with van der Waals surface area (Å²) >= 11 is 0. The first kappa shape index (κ1) is 28.7. The molecule has 0 spiro atoms. The van der Waals surface area contributed by atoms with Gasteiger partial charge in [0.15, 0.2) is 5.78 Å². The first-order valence-corrected chi connectivity index (χ1v) is 13.9. The lowest BCUT2D eigenvalue weighted by Crippen LogP contribution is -2.46. The van der Waals surface area contributed by atoms with Crippen molar-refractivity contribution in [2.45, 2.75) is 84.0 Å². The summed E-state index contributed by atoms with van der Waals surface area (Å²) < 4.78 is 22.2. The number of hydrogen-bond donors (Lipinski definition) is 1. The van der Waals surface area contributed by atoms with E-state index in [-0.39, 0.29) is 60.7 Å². The Bertz CT molecular complexity index is 925. The number of allylic oxidation sites excluding steroid dienone is 1. The van der Waals surface area contributed by atoms with Crippen molar-refractivity contribution in [2.75, 3.05) is 26.6 Å². The van der Waals surface area contributed by atoms with Gasteiger partial charge in [0.2, 0.25) is 0 Å². The molecule has 7 atom stereocenters. The van der Waals surface area contributed by atoms with Gasteiger partial charge in [-0.15, -0.1) is 0 Å². The highest BCUT2D eigenvalue weighted by atomic mass is 16.7. The molecule has 10 heteroatoms. The Labute approximate surface area is 224 Å². The van der Waals surface area contributed by atoms with Gasteiger partial charge in [0.05, 0.1) is 37.4 Å². The lowest BCUT2D eigenvalue weighted by molar-refractivity contribution is -0.162. The van der Waals surface area contributed by atoms with Crippen molar-refractivity contribution >= 4 is 23.4 Å². The molecule has 0 aromatic rings. The predicted molar refractivity (Wildman–Crippen MR) is 136 cm³/mol. The summed E-state index contributed by atoms with van der Waals surface area (Å²) in [4.78, 5) is 43.5. The van der Waals surface area contributed by atoms with E-state index in [0.29, 0.717) is 64.1 Å². The number of rotatable bonds is 9. The van der Waals surface area contributed by atoms with Crippen LogP contribution in [0.5, 0.6) is 0 Å². The van der Waals surface area contributed by atoms with E-state index in [1.54, 1.807) is 6.08 Å². The van der Waals surface area contributed by atoms with Crippen molar-refractivity contribution in [3.05, 3.63) is 11.6 Å². The number of hydrogen-bond acceptors (Lipinski definition) is 10. The number of nitrogens with zero attached hydrogens (tertiary/aromatic N) is 1. The number of cyclic esters (lactones) is 1. The molecule has 2 aliphatic carbocycles. The van der Waals surface area contributed by atoms with Gasteiger partial charge in [-0.05, 0) is 49.7 Å². The van der Waals surface area contributed by atoms with Crippen molar-refractivity contribution in [1.29, 1.82) is 0 Å². The van der Waals surface area contributed by atoms with Crippen molar-refractivity contribution < 1.29 is 43.3 Å². The van der Waals surface area contributed by atoms with Crippen LogP contribution < -0.4 is 0 Å². The maximum atomic E-state index is 13.1. The first-order valence-electron chi connectivity index (χ1n) is 13.9. The molecule has 3 fully saturated rings. The molecule has 4 rings (SSSR count). The second-order valence-electron chi connectivity index (χ2n) is 11.1. The number of esters is 2. The van der Waals surface area contributed by atoms with Gasteiger partial charge in [0.25, 0.3) is 0 Å². The summed E-state index contributed by atoms with van der Waals surface area (Å²) in [6.07, 6.45) is 3.44. The van der Waals surface area contributed by atoms with E-state index in [2.05, 4.69) is 5.16 Å². The molecule has 2 aliphatic heterocycles. The Morgan fingerprint density at radius 3 is 2.71 bits per heavy atom. The van der Waals surface area contributed by atoms with Gasteiger partial charge in [0, 0.05) is 24.2 Å². The molecule has 0 amide bonds. The monoisotopic (exact) mass is 535 g/mol. The van der Waals surface area contributed by atoms with Crippen LogP contribution in [-0.2, 0) is 38.2 Å². The highest BCUT2D eigenvalue weighted by Crippen LogP contribution is 2.45. The van der Waals surface area contributed by atoms with Crippen molar-refractivity contribution in [2.24, 2.45) is 34.7 Å². The first-order chi connectivity index (χ1) is 18.3. The van der Waals surface area contributed by atoms with Crippen LogP contribution in [0.3, 0.4) is 0 Å². The second kappa shape index (κ2) is 13.2. The van der Waals surface area contributed by atoms with Crippen LogP contribution in [0.25, 0.3) is 0 Å². The third kappa shape index (κ3) is 7.01. The molecule has 212 valence electrons. The zero-order valence-corrected chi connectivity index (χ0v) is 22.6. The maximum absolute atomic E-state index is 13.1. The van der Waals surface area contributed by atoms with Crippen LogP contribution in [-0.4, -0.2) is 73.5 Å². The third-order valence-electron chi connectivity index (χ3n) is 8.31. The maximum Gasteiger partial charge on any atom is 0.308 e. The molecule has 1 saturated carbocycles. The fourth-order valence-electron chi connectivity index (χ4n) is 5.85. The van der Waals surface area contributed by atoms with Gasteiger partial charge in [-0.1, -0.05) is 25.9 Å². The average molecular weight is 536 g/mol. The number of fused-ring (bicyclic) bond motifs is 1. The van der Waals surface area contributed by atoms with E-state index < -0.39 is 18.2 Å². The van der Waals surface area contributed by atoms with Crippen LogP contribution in [0.15, 0.2) is 16.8 Å². The molecule has 4 aliphatic rings. The van der Waals surface area contributed by atoms with Crippen molar-refractivity contribution in [3.63, 3.8) is 0 Å². The summed E-state index contributed by atoms with van der Waals surface area (Å²) in [5, 5.41) is 14.5. The lowest BCUT2D eigenvalue weighted by Gasteiger charge is -2.44. The summed E-state index contributed by atoms with van der Waals surface area (Å²) in [7, 11) is 0. The Morgan fingerprint density at radius 1 is 1.24 bits per heavy atom. The molecular weight excluding hydrogens is 494 g/mol. The van der Waals surface area contributed by atoms with Gasteiger partial charge < -0.3 is 28.9 Å². The fourth-order valence-corrected chi connectivity index (χ4v) is 5.85. The topological polar surface area (TPSA) is 130 Å². The number of oxime groups is 1. The number of aliphatic hydroxyl groups is 1. The number of carbonyl (C=O) groups is 3. The molecule has 1 N–H and O–H groups in total. The molecule has 10 nitrogen and oxygen atoms in total. The number of aliphatic hydroxyl groups excluding tert-OH is 1. The molecule has 38 heavy (non-hydrogen) atoms. The van der Waals surface area contributed by atoms with Gasteiger partial charge >= 0.3 is 11.9 Å². The van der Waals surface area contributed by atoms with Gasteiger partial charge in [-0.3, -0.25) is 14.4 Å². The van der Waals surface area contributed by atoms with Crippen LogP contribution in [0.1, 0.15) is 65.7 Å². The van der Waals surface area contributed by atoms with Gasteiger partial charge in [-0.25, -0.2) is 0 Å². The van der Waals surface area contributed by atoms with Crippen molar-refractivity contribution in [1.82, 2.24) is 0 Å². The zero-order valence-electron chi connectivity index (χ0n) is 22.6. The minimum absolute atomic E-state index is 0.00222. The van der Waals surface area contributed by atoms with Crippen LogP contribution in [0, 0.1) is 29.6 Å². The highest BCUT2D eigenvalue weighted by Gasteiger charge is 2.47. The Balaban J connectivity index is 1.53. The largest absolute Gasteiger partial charge is 0.462 e. The quantitative estimate of drug-likeness (QED) is 0.350. The van der Waals surface area contributed by atoms with Gasteiger partial charge in [-0.2, -0.15) is 0 Å². The molecule has 7 unspecified atom stereocenters. The van der Waals surface area contributed by atoms with E-state index in [9.17, 15) is 19.5 Å². The smallest absolute Gasteiger partial charge is 0.308 e. The van der Waals surface area contributed by atoms with Gasteiger partial charge in [0.1, 0.15) is 25.6 Å². The Kier molecular flexibility index (Phi) is 9.95. The summed E-state index contributed by atoms with van der Waals surface area (Å²) in [6.45, 7) is 7.43. The van der Waals surface area contributed by atoms with Crippen LogP contribution in [0.4, 0.5) is 0 Å².